The van der Waals surface area contributed by atoms with E-state index in [4.69, 9.17) is 11.6 Å². The van der Waals surface area contributed by atoms with Gasteiger partial charge in [-0.15, -0.1) is 0 Å². The van der Waals surface area contributed by atoms with Crippen LogP contribution < -0.4 is 10.0 Å². The standard InChI is InChI=1S/C19H17ClN2O2S/c20-18-5-1-4-17-16(18)3-2-6-19(17)25(23,24)22-15-8-7-13-9-10-21-12-14(13)11-15/h1-8,11,21-22H,9-10,12H2. The lowest BCUT2D eigenvalue weighted by Gasteiger charge is -2.18. The second kappa shape index (κ2) is 6.33. The van der Waals surface area contributed by atoms with Crippen LogP contribution in [0.1, 0.15) is 11.1 Å². The average Bonchev–Trinajstić information content (AvgIpc) is 2.61. The molecule has 128 valence electrons. The molecule has 0 fully saturated rings. The summed E-state index contributed by atoms with van der Waals surface area (Å²) in [5.41, 5.74) is 2.97. The van der Waals surface area contributed by atoms with Gasteiger partial charge in [-0.1, -0.05) is 41.9 Å². The molecule has 0 saturated heterocycles. The molecule has 0 aliphatic carbocycles. The zero-order chi connectivity index (χ0) is 17.4. The first-order chi connectivity index (χ1) is 12.0. The molecule has 1 heterocycles. The third-order valence-electron chi connectivity index (χ3n) is 4.46. The highest BCUT2D eigenvalue weighted by Gasteiger charge is 2.19. The van der Waals surface area contributed by atoms with Crippen LogP contribution in [0.4, 0.5) is 5.69 Å². The number of anilines is 1. The van der Waals surface area contributed by atoms with E-state index in [1.54, 1.807) is 30.3 Å². The van der Waals surface area contributed by atoms with Crippen molar-refractivity contribution in [2.24, 2.45) is 0 Å². The smallest absolute Gasteiger partial charge is 0.262 e. The Balaban J connectivity index is 1.75. The van der Waals surface area contributed by atoms with Crippen LogP contribution in [-0.4, -0.2) is 15.0 Å². The fraction of sp³-hybridized carbons (Fsp3) is 0.158. The van der Waals surface area contributed by atoms with Crippen LogP contribution in [-0.2, 0) is 23.0 Å². The van der Waals surface area contributed by atoms with Crippen LogP contribution in [0.2, 0.25) is 5.02 Å². The van der Waals surface area contributed by atoms with Gasteiger partial charge in [0.05, 0.1) is 4.90 Å². The molecule has 4 nitrogen and oxygen atoms in total. The second-order valence-electron chi connectivity index (χ2n) is 6.11. The van der Waals surface area contributed by atoms with Gasteiger partial charge in [0.1, 0.15) is 0 Å². The lowest BCUT2D eigenvalue weighted by atomic mass is 10.0. The summed E-state index contributed by atoms with van der Waals surface area (Å²) in [5.74, 6) is 0. The van der Waals surface area contributed by atoms with Crippen molar-refractivity contribution in [2.45, 2.75) is 17.9 Å². The van der Waals surface area contributed by atoms with E-state index < -0.39 is 10.0 Å². The monoisotopic (exact) mass is 372 g/mol. The number of rotatable bonds is 3. The molecule has 0 saturated carbocycles. The Morgan fingerprint density at radius 2 is 1.76 bits per heavy atom. The molecule has 0 spiro atoms. The molecule has 0 unspecified atom stereocenters. The van der Waals surface area contributed by atoms with Crippen molar-refractivity contribution in [1.82, 2.24) is 5.32 Å². The molecular weight excluding hydrogens is 356 g/mol. The van der Waals surface area contributed by atoms with Gasteiger partial charge in [-0.2, -0.15) is 0 Å². The molecule has 0 bridgehead atoms. The molecule has 3 aromatic carbocycles. The van der Waals surface area contributed by atoms with Crippen molar-refractivity contribution in [2.75, 3.05) is 11.3 Å². The number of sulfonamides is 1. The average molecular weight is 373 g/mol. The van der Waals surface area contributed by atoms with Gasteiger partial charge >= 0.3 is 0 Å². The first-order valence-corrected chi connectivity index (χ1v) is 9.93. The third-order valence-corrected chi connectivity index (χ3v) is 6.23. The summed E-state index contributed by atoms with van der Waals surface area (Å²) in [4.78, 5) is 0.225. The van der Waals surface area contributed by atoms with Crippen molar-refractivity contribution < 1.29 is 8.42 Å². The maximum Gasteiger partial charge on any atom is 0.262 e. The van der Waals surface area contributed by atoms with E-state index in [1.807, 2.05) is 24.3 Å². The lowest BCUT2D eigenvalue weighted by molar-refractivity contribution is 0.602. The Morgan fingerprint density at radius 3 is 2.64 bits per heavy atom. The molecular formula is C19H17ClN2O2S. The topological polar surface area (TPSA) is 58.2 Å². The molecule has 0 amide bonds. The summed E-state index contributed by atoms with van der Waals surface area (Å²) < 4.78 is 28.5. The number of halogens is 1. The van der Waals surface area contributed by atoms with Crippen molar-refractivity contribution >= 4 is 38.1 Å². The van der Waals surface area contributed by atoms with Gasteiger partial charge in [-0.3, -0.25) is 4.72 Å². The van der Waals surface area contributed by atoms with Gasteiger partial charge in [-0.25, -0.2) is 8.42 Å². The highest BCUT2D eigenvalue weighted by Crippen LogP contribution is 2.30. The number of hydrogen-bond donors (Lipinski definition) is 2. The molecule has 0 aromatic heterocycles. The summed E-state index contributed by atoms with van der Waals surface area (Å²) in [6.45, 7) is 1.71. The maximum atomic E-state index is 12.9. The van der Waals surface area contributed by atoms with Gasteiger partial charge in [0.15, 0.2) is 0 Å². The third kappa shape index (κ3) is 3.11. The quantitative estimate of drug-likeness (QED) is 0.732. The van der Waals surface area contributed by atoms with E-state index in [0.29, 0.717) is 16.1 Å². The van der Waals surface area contributed by atoms with E-state index in [2.05, 4.69) is 10.0 Å². The predicted molar refractivity (Wildman–Crippen MR) is 102 cm³/mol. The van der Waals surface area contributed by atoms with E-state index in [0.717, 1.165) is 30.5 Å². The Hall–Kier alpha value is -2.08. The SMILES string of the molecule is O=S(=O)(Nc1ccc2c(c1)CNCC2)c1cccc2c(Cl)cccc12. The number of nitrogens with one attached hydrogen (secondary N) is 2. The molecule has 6 heteroatoms. The van der Waals surface area contributed by atoms with Crippen molar-refractivity contribution in [1.29, 1.82) is 0 Å². The Morgan fingerprint density at radius 1 is 0.960 bits per heavy atom. The first kappa shape index (κ1) is 16.4. The van der Waals surface area contributed by atoms with Crippen LogP contribution >= 0.6 is 11.6 Å². The van der Waals surface area contributed by atoms with Crippen LogP contribution in [0.5, 0.6) is 0 Å². The fourth-order valence-corrected chi connectivity index (χ4v) is 4.74. The zero-order valence-electron chi connectivity index (χ0n) is 13.4. The van der Waals surface area contributed by atoms with E-state index >= 15 is 0 Å². The van der Waals surface area contributed by atoms with Crippen LogP contribution in [0.25, 0.3) is 10.8 Å². The maximum absolute atomic E-state index is 12.9. The van der Waals surface area contributed by atoms with E-state index in [-0.39, 0.29) is 4.90 Å². The first-order valence-electron chi connectivity index (χ1n) is 8.07. The van der Waals surface area contributed by atoms with Crippen molar-refractivity contribution in [3.8, 4) is 0 Å². The lowest BCUT2D eigenvalue weighted by Crippen LogP contribution is -2.23. The second-order valence-corrected chi connectivity index (χ2v) is 8.16. The van der Waals surface area contributed by atoms with Gasteiger partial charge < -0.3 is 5.32 Å². The molecule has 1 aliphatic rings. The minimum atomic E-state index is -3.71. The van der Waals surface area contributed by atoms with Gasteiger partial charge in [0.25, 0.3) is 10.0 Å². The summed E-state index contributed by atoms with van der Waals surface area (Å²) in [6, 6.07) is 16.1. The van der Waals surface area contributed by atoms with Crippen molar-refractivity contribution in [3.05, 3.63) is 70.7 Å². The minimum Gasteiger partial charge on any atom is -0.312 e. The molecule has 0 radical (unpaired) electrons. The number of benzene rings is 3. The highest BCUT2D eigenvalue weighted by atomic mass is 35.5. The van der Waals surface area contributed by atoms with Gasteiger partial charge in [-0.05, 0) is 48.4 Å². The minimum absolute atomic E-state index is 0.225. The van der Waals surface area contributed by atoms with Crippen LogP contribution in [0.15, 0.2) is 59.5 Å². The number of fused-ring (bicyclic) bond motifs is 2. The summed E-state index contributed by atoms with van der Waals surface area (Å²) in [6.07, 6.45) is 0.962. The summed E-state index contributed by atoms with van der Waals surface area (Å²) >= 11 is 6.20. The van der Waals surface area contributed by atoms with E-state index in [9.17, 15) is 8.42 Å². The zero-order valence-corrected chi connectivity index (χ0v) is 15.0. The Kier molecular flexibility index (Phi) is 4.15. The molecule has 0 atom stereocenters. The predicted octanol–water partition coefficient (Wildman–Crippen LogP) is 3.94. The normalized spacial score (nSPS) is 14.3. The fourth-order valence-electron chi connectivity index (χ4n) is 3.23. The Labute approximate surface area is 151 Å². The van der Waals surface area contributed by atoms with Crippen molar-refractivity contribution in [3.63, 3.8) is 0 Å². The summed E-state index contributed by atoms with van der Waals surface area (Å²) in [7, 11) is -3.71. The van der Waals surface area contributed by atoms with Crippen LogP contribution in [0.3, 0.4) is 0 Å². The van der Waals surface area contributed by atoms with E-state index in [1.165, 1.54) is 5.56 Å². The Bertz CT molecular complexity index is 1060. The van der Waals surface area contributed by atoms with Gasteiger partial charge in [0.2, 0.25) is 0 Å². The number of hydrogen-bond acceptors (Lipinski definition) is 3. The molecule has 25 heavy (non-hydrogen) atoms. The van der Waals surface area contributed by atoms with Gasteiger partial charge in [0, 0.05) is 28.0 Å². The largest absolute Gasteiger partial charge is 0.312 e. The summed E-state index contributed by atoms with van der Waals surface area (Å²) in [5, 5.41) is 5.17. The highest BCUT2D eigenvalue weighted by molar-refractivity contribution is 7.93. The molecule has 1 aliphatic heterocycles. The molecule has 4 rings (SSSR count). The molecule has 3 aromatic rings. The molecule has 2 N–H and O–H groups in total. The van der Waals surface area contributed by atoms with Crippen LogP contribution in [0, 0.1) is 0 Å².